The van der Waals surface area contributed by atoms with Crippen molar-refractivity contribution in [2.24, 2.45) is 5.73 Å². The number of allylic oxidation sites excluding steroid dienone is 2. The monoisotopic (exact) mass is 481 g/mol. The summed E-state index contributed by atoms with van der Waals surface area (Å²) in [5.74, 6) is -3.36. The van der Waals surface area contributed by atoms with E-state index in [4.69, 9.17) is 27.3 Å². The van der Waals surface area contributed by atoms with Crippen molar-refractivity contribution < 1.29 is 27.5 Å². The Balaban J connectivity index is 2.54. The van der Waals surface area contributed by atoms with Gasteiger partial charge in [-0.2, -0.15) is 18.4 Å². The van der Waals surface area contributed by atoms with Crippen LogP contribution in [0.15, 0.2) is 53.1 Å². The van der Waals surface area contributed by atoms with Crippen LogP contribution in [-0.4, -0.2) is 28.4 Å². The van der Waals surface area contributed by atoms with Gasteiger partial charge < -0.3 is 15.8 Å². The van der Waals surface area contributed by atoms with Gasteiger partial charge in [0.1, 0.15) is 11.3 Å². The molecule has 0 aliphatic rings. The number of nitrogens with two attached hydrogens (primary N) is 1. The van der Waals surface area contributed by atoms with E-state index in [1.54, 1.807) is 6.07 Å². The van der Waals surface area contributed by atoms with Crippen LogP contribution in [0.1, 0.15) is 11.3 Å². The Morgan fingerprint density at radius 3 is 2.61 bits per heavy atom. The number of ether oxygens (including phenoxy) is 1. The van der Waals surface area contributed by atoms with E-state index in [1.165, 1.54) is 13.1 Å². The fourth-order valence-electron chi connectivity index (χ4n) is 2.53. The number of amides is 2. The summed E-state index contributed by atoms with van der Waals surface area (Å²) in [6.45, 7) is 3.13. The Kier molecular flexibility index (Phi) is 7.63. The highest BCUT2D eigenvalue weighted by molar-refractivity contribution is 6.30. The molecule has 0 saturated heterocycles. The lowest BCUT2D eigenvalue weighted by Crippen LogP contribution is -2.29. The zero-order valence-corrected chi connectivity index (χ0v) is 17.6. The summed E-state index contributed by atoms with van der Waals surface area (Å²) in [6.07, 6.45) is -3.44. The van der Waals surface area contributed by atoms with Gasteiger partial charge in [-0.25, -0.2) is 4.98 Å². The molecule has 0 aliphatic carbocycles. The standard InChI is InChI=1S/C20H15ClF3N5O4/c1-10(3-14(17(26)30)18(31)27-2)8-29-9-28-16(20(22,23)24)15(19(29)32)33-13-5-11(7-25)4-12(21)6-13/h3-6,9H,1,8H2,2H3,(H2,26,30)(H,27,31)/b14-3-. The molecule has 1 aromatic carbocycles. The molecule has 0 aliphatic heterocycles. The van der Waals surface area contributed by atoms with Crippen LogP contribution in [0.25, 0.3) is 0 Å². The smallest absolute Gasteiger partial charge is 0.437 e. The minimum absolute atomic E-state index is 0.00600. The Morgan fingerprint density at radius 1 is 1.39 bits per heavy atom. The molecule has 172 valence electrons. The summed E-state index contributed by atoms with van der Waals surface area (Å²) in [5.41, 5.74) is 1.77. The van der Waals surface area contributed by atoms with Crippen molar-refractivity contribution in [1.29, 1.82) is 5.26 Å². The number of aromatic nitrogens is 2. The van der Waals surface area contributed by atoms with Crippen LogP contribution in [0.4, 0.5) is 13.2 Å². The maximum Gasteiger partial charge on any atom is 0.437 e. The Bertz CT molecular complexity index is 1260. The van der Waals surface area contributed by atoms with Crippen LogP contribution in [0.3, 0.4) is 0 Å². The summed E-state index contributed by atoms with van der Waals surface area (Å²) < 4.78 is 46.2. The Hall–Kier alpha value is -4.11. The van der Waals surface area contributed by atoms with Crippen molar-refractivity contribution in [2.75, 3.05) is 7.05 Å². The zero-order chi connectivity index (χ0) is 24.9. The number of hydrogen-bond acceptors (Lipinski definition) is 6. The molecule has 0 saturated carbocycles. The quantitative estimate of drug-likeness (QED) is 0.269. The number of benzene rings is 1. The number of carbonyl (C=O) groups excluding carboxylic acids is 2. The predicted octanol–water partition coefficient (Wildman–Crippen LogP) is 2.29. The maximum atomic E-state index is 13.4. The van der Waals surface area contributed by atoms with Gasteiger partial charge in [0.05, 0.1) is 24.5 Å². The molecule has 9 nitrogen and oxygen atoms in total. The Morgan fingerprint density at radius 2 is 2.06 bits per heavy atom. The van der Waals surface area contributed by atoms with Crippen molar-refractivity contribution in [3.63, 3.8) is 0 Å². The average molecular weight is 482 g/mol. The molecule has 0 bridgehead atoms. The fourth-order valence-corrected chi connectivity index (χ4v) is 2.76. The first kappa shape index (κ1) is 25.2. The van der Waals surface area contributed by atoms with Crippen molar-refractivity contribution >= 4 is 23.4 Å². The molecule has 1 aromatic heterocycles. The van der Waals surface area contributed by atoms with Crippen LogP contribution in [-0.2, 0) is 22.3 Å². The van der Waals surface area contributed by atoms with Crippen molar-refractivity contribution in [1.82, 2.24) is 14.9 Å². The number of likely N-dealkylation sites (N-methyl/N-ethyl adjacent to an activating group) is 1. The van der Waals surface area contributed by atoms with Crippen LogP contribution in [0, 0.1) is 11.3 Å². The number of alkyl halides is 3. The summed E-state index contributed by atoms with van der Waals surface area (Å²) in [6, 6.07) is 5.21. The van der Waals surface area contributed by atoms with Crippen LogP contribution in [0.5, 0.6) is 11.5 Å². The normalized spacial score (nSPS) is 11.5. The molecular weight excluding hydrogens is 467 g/mol. The second kappa shape index (κ2) is 10.0. The fraction of sp³-hybridized carbons (Fsp3) is 0.150. The van der Waals surface area contributed by atoms with Gasteiger partial charge in [0, 0.05) is 12.1 Å². The van der Waals surface area contributed by atoms with Gasteiger partial charge in [-0.05, 0) is 29.8 Å². The molecule has 33 heavy (non-hydrogen) atoms. The number of carbonyl (C=O) groups is 2. The second-order valence-corrected chi connectivity index (χ2v) is 6.84. The van der Waals surface area contributed by atoms with E-state index >= 15 is 0 Å². The average Bonchev–Trinajstić information content (AvgIpc) is 2.72. The number of primary amides is 1. The summed E-state index contributed by atoms with van der Waals surface area (Å²) in [5, 5.41) is 11.2. The minimum Gasteiger partial charge on any atom is -0.449 e. The second-order valence-electron chi connectivity index (χ2n) is 6.40. The molecular formula is C20H15ClF3N5O4. The summed E-state index contributed by atoms with van der Waals surface area (Å²) >= 11 is 5.84. The molecule has 0 atom stereocenters. The number of halogens is 4. The third kappa shape index (κ3) is 6.20. The maximum absolute atomic E-state index is 13.4. The Labute approximate surface area is 189 Å². The first-order valence-corrected chi connectivity index (χ1v) is 9.21. The molecule has 2 aromatic rings. The van der Waals surface area contributed by atoms with Crippen LogP contribution in [0.2, 0.25) is 5.02 Å². The lowest BCUT2D eigenvalue weighted by Gasteiger charge is -2.15. The van der Waals surface area contributed by atoms with E-state index in [0.717, 1.165) is 22.8 Å². The molecule has 2 amide bonds. The van der Waals surface area contributed by atoms with Crippen LogP contribution >= 0.6 is 11.6 Å². The molecule has 2 rings (SSSR count). The SMILES string of the molecule is C=C(/C=C(/C(N)=O)C(=O)NC)Cn1cnc(C(F)(F)F)c(Oc2cc(Cl)cc(C#N)c2)c1=O. The molecule has 0 radical (unpaired) electrons. The van der Waals surface area contributed by atoms with Gasteiger partial charge in [0.25, 0.3) is 17.4 Å². The van der Waals surface area contributed by atoms with Crippen molar-refractivity contribution in [3.05, 3.63) is 75.0 Å². The number of hydrogen-bond donors (Lipinski definition) is 2. The number of rotatable bonds is 7. The highest BCUT2D eigenvalue weighted by atomic mass is 35.5. The summed E-state index contributed by atoms with van der Waals surface area (Å²) in [4.78, 5) is 39.2. The van der Waals surface area contributed by atoms with E-state index < -0.39 is 47.1 Å². The van der Waals surface area contributed by atoms with Gasteiger partial charge in [-0.3, -0.25) is 19.0 Å². The number of nitriles is 1. The van der Waals surface area contributed by atoms with Gasteiger partial charge in [0.15, 0.2) is 5.69 Å². The molecule has 3 N–H and O–H groups in total. The third-order valence-electron chi connectivity index (χ3n) is 3.94. The topological polar surface area (TPSA) is 140 Å². The van der Waals surface area contributed by atoms with Gasteiger partial charge in [-0.1, -0.05) is 18.2 Å². The lowest BCUT2D eigenvalue weighted by atomic mass is 10.1. The first-order chi connectivity index (χ1) is 15.4. The zero-order valence-electron chi connectivity index (χ0n) is 16.9. The minimum atomic E-state index is -5.04. The van der Waals surface area contributed by atoms with Crippen LogP contribution < -0.4 is 21.3 Å². The van der Waals surface area contributed by atoms with E-state index in [1.807, 2.05) is 0 Å². The van der Waals surface area contributed by atoms with Gasteiger partial charge in [-0.15, -0.1) is 0 Å². The van der Waals surface area contributed by atoms with E-state index in [-0.39, 0.29) is 21.9 Å². The first-order valence-electron chi connectivity index (χ1n) is 8.84. The van der Waals surface area contributed by atoms with Gasteiger partial charge in [0.2, 0.25) is 5.75 Å². The summed E-state index contributed by atoms with van der Waals surface area (Å²) in [7, 11) is 1.25. The van der Waals surface area contributed by atoms with Crippen molar-refractivity contribution in [3.8, 4) is 17.6 Å². The van der Waals surface area contributed by atoms with Gasteiger partial charge >= 0.3 is 6.18 Å². The number of nitrogens with one attached hydrogen (secondary N) is 1. The lowest BCUT2D eigenvalue weighted by molar-refractivity contribution is -0.142. The predicted molar refractivity (Wildman–Crippen MR) is 110 cm³/mol. The molecule has 0 spiro atoms. The largest absolute Gasteiger partial charge is 0.449 e. The van der Waals surface area contributed by atoms with E-state index in [0.29, 0.717) is 6.33 Å². The molecule has 0 unspecified atom stereocenters. The highest BCUT2D eigenvalue weighted by Gasteiger charge is 2.38. The van der Waals surface area contributed by atoms with E-state index in [9.17, 15) is 27.6 Å². The highest BCUT2D eigenvalue weighted by Crippen LogP contribution is 2.35. The van der Waals surface area contributed by atoms with E-state index in [2.05, 4.69) is 16.9 Å². The number of nitrogens with zero attached hydrogens (tertiary/aromatic N) is 3. The van der Waals surface area contributed by atoms with Crippen molar-refractivity contribution in [2.45, 2.75) is 12.7 Å². The molecule has 0 fully saturated rings. The molecule has 13 heteroatoms. The molecule has 1 heterocycles. The third-order valence-corrected chi connectivity index (χ3v) is 4.16.